The Morgan fingerprint density at radius 1 is 1.52 bits per heavy atom. The molecule has 6 nitrogen and oxygen atoms in total. The molecule has 0 saturated carbocycles. The molecule has 3 rings (SSSR count). The van der Waals surface area contributed by atoms with E-state index in [9.17, 15) is 19.8 Å². The van der Waals surface area contributed by atoms with Crippen LogP contribution in [0.25, 0.3) is 5.57 Å². The van der Waals surface area contributed by atoms with Crippen LogP contribution in [0, 0.1) is 3.95 Å². The van der Waals surface area contributed by atoms with Gasteiger partial charge in [-0.3, -0.25) is 9.36 Å². The summed E-state index contributed by atoms with van der Waals surface area (Å²) in [5, 5.41) is 22.5. The zero-order valence-corrected chi connectivity index (χ0v) is 14.8. The van der Waals surface area contributed by atoms with Gasteiger partial charge in [-0.25, -0.2) is 4.99 Å². The molecule has 1 atom stereocenters. The van der Waals surface area contributed by atoms with E-state index in [2.05, 4.69) is 20.9 Å². The lowest BCUT2D eigenvalue weighted by molar-refractivity contribution is -0.309. The zero-order chi connectivity index (χ0) is 16.9. The first-order valence-electron chi connectivity index (χ1n) is 6.39. The molecule has 1 aliphatic rings. The van der Waals surface area contributed by atoms with Crippen molar-refractivity contribution < 1.29 is 19.8 Å². The van der Waals surface area contributed by atoms with Crippen LogP contribution in [0.1, 0.15) is 17.8 Å². The molecular formula is C14H8BrN2O4S2-. The van der Waals surface area contributed by atoms with Crippen LogP contribution in [-0.4, -0.2) is 21.6 Å². The highest BCUT2D eigenvalue weighted by atomic mass is 79.9. The first-order chi connectivity index (χ1) is 10.8. The standard InChI is InChI=1S/C14H9BrN2O4S2/c1-5(13(20)21)17-12(19)10(23-14(17)22)9-7-4-6(15)2-3-8(7)16-11(9)18/h2-5,19H,1H3,(H,20,21)/p-1/t5-/m0/s1. The highest BCUT2D eigenvalue weighted by Crippen LogP contribution is 2.34. The Hall–Kier alpha value is -1.84. The number of carbonyl (C=O) groups is 2. The molecule has 0 aliphatic carbocycles. The third kappa shape index (κ3) is 2.54. The Morgan fingerprint density at radius 3 is 2.87 bits per heavy atom. The number of carbonyl (C=O) groups excluding carboxylic acids is 2. The first kappa shape index (κ1) is 16.0. The number of carboxylic acid groups (broad SMARTS) is 1. The largest absolute Gasteiger partial charge is 0.548 e. The normalized spacial score (nSPS) is 14.5. The minimum Gasteiger partial charge on any atom is -0.548 e. The Balaban J connectivity index is 2.33. The number of benzene rings is 1. The average Bonchev–Trinajstić information content (AvgIpc) is 2.94. The van der Waals surface area contributed by atoms with Gasteiger partial charge < -0.3 is 15.0 Å². The summed E-state index contributed by atoms with van der Waals surface area (Å²) >= 11 is 9.41. The molecule has 0 spiro atoms. The summed E-state index contributed by atoms with van der Waals surface area (Å²) in [5.41, 5.74) is 0.208. The molecule has 1 aromatic carbocycles. The Kier molecular flexibility index (Phi) is 3.95. The van der Waals surface area contributed by atoms with Gasteiger partial charge >= 0.3 is 0 Å². The lowest BCUT2D eigenvalue weighted by Crippen LogP contribution is -2.31. The quantitative estimate of drug-likeness (QED) is 0.738. The smallest absolute Gasteiger partial charge is 0.279 e. The summed E-state index contributed by atoms with van der Waals surface area (Å²) < 4.78 is 1.95. The fourth-order valence-electron chi connectivity index (χ4n) is 2.29. The van der Waals surface area contributed by atoms with Gasteiger partial charge in [0.25, 0.3) is 5.91 Å². The SMILES string of the molecule is C[C@@H](C(=O)[O-])n1c(O)c(C2=c3cc(Br)ccc3=NC2=O)sc1=S. The lowest BCUT2D eigenvalue weighted by Gasteiger charge is -2.15. The van der Waals surface area contributed by atoms with Gasteiger partial charge in [-0.2, -0.15) is 0 Å². The van der Waals surface area contributed by atoms with Crippen molar-refractivity contribution in [2.45, 2.75) is 13.0 Å². The highest BCUT2D eigenvalue weighted by molar-refractivity contribution is 9.10. The second-order valence-corrected chi connectivity index (χ2v) is 7.40. The molecule has 1 aliphatic heterocycles. The minimum absolute atomic E-state index is 0.137. The summed E-state index contributed by atoms with van der Waals surface area (Å²) in [6.45, 7) is 1.34. The maximum absolute atomic E-state index is 12.2. The number of aliphatic carboxylic acids is 1. The van der Waals surface area contributed by atoms with Crippen LogP contribution in [0.2, 0.25) is 0 Å². The molecule has 2 heterocycles. The number of nitrogens with zero attached hydrogens (tertiary/aromatic N) is 2. The fraction of sp³-hybridized carbons (Fsp3) is 0.143. The number of rotatable bonds is 3. The van der Waals surface area contributed by atoms with Crippen LogP contribution in [-0.2, 0) is 9.59 Å². The van der Waals surface area contributed by atoms with Crippen LogP contribution < -0.4 is 15.7 Å². The van der Waals surface area contributed by atoms with Gasteiger partial charge in [-0.15, -0.1) is 11.3 Å². The van der Waals surface area contributed by atoms with Crippen molar-refractivity contribution in [2.75, 3.05) is 0 Å². The van der Waals surface area contributed by atoms with Gasteiger partial charge in [0.05, 0.1) is 22.9 Å². The van der Waals surface area contributed by atoms with Crippen LogP contribution in [0.4, 0.5) is 0 Å². The predicted octanol–water partition coefficient (Wildman–Crippen LogP) is 0.417. The van der Waals surface area contributed by atoms with Gasteiger partial charge in [-0.1, -0.05) is 15.9 Å². The summed E-state index contributed by atoms with van der Waals surface area (Å²) in [5.74, 6) is -2.25. The number of aromatic hydroxyl groups is 1. The maximum Gasteiger partial charge on any atom is 0.279 e. The van der Waals surface area contributed by atoms with Crippen molar-refractivity contribution in [3.05, 3.63) is 42.1 Å². The molecule has 2 aromatic rings. The van der Waals surface area contributed by atoms with Crippen LogP contribution >= 0.6 is 39.5 Å². The van der Waals surface area contributed by atoms with Gasteiger partial charge in [0, 0.05) is 9.69 Å². The second-order valence-electron chi connectivity index (χ2n) is 4.84. The zero-order valence-electron chi connectivity index (χ0n) is 11.6. The van der Waals surface area contributed by atoms with Crippen molar-refractivity contribution in [3.8, 4) is 5.88 Å². The molecule has 1 N–H and O–H groups in total. The molecule has 1 amide bonds. The number of fused-ring (bicyclic) bond motifs is 1. The number of halogens is 1. The molecule has 1 aromatic heterocycles. The molecule has 118 valence electrons. The third-order valence-corrected chi connectivity index (χ3v) is 5.34. The van der Waals surface area contributed by atoms with Crippen molar-refractivity contribution in [3.63, 3.8) is 0 Å². The monoisotopic (exact) mass is 411 g/mol. The average molecular weight is 412 g/mol. The Labute approximate surface area is 147 Å². The Bertz CT molecular complexity index is 1040. The Morgan fingerprint density at radius 2 is 2.22 bits per heavy atom. The second kappa shape index (κ2) is 5.66. The molecule has 0 radical (unpaired) electrons. The number of amides is 1. The number of thiazole rings is 1. The maximum atomic E-state index is 12.2. The molecule has 23 heavy (non-hydrogen) atoms. The van der Waals surface area contributed by atoms with E-state index in [1.54, 1.807) is 18.2 Å². The third-order valence-electron chi connectivity index (χ3n) is 3.44. The summed E-state index contributed by atoms with van der Waals surface area (Å²) in [4.78, 5) is 27.4. The van der Waals surface area contributed by atoms with E-state index in [-0.39, 0.29) is 20.3 Å². The van der Waals surface area contributed by atoms with Gasteiger partial charge in [0.15, 0.2) is 3.95 Å². The van der Waals surface area contributed by atoms with E-state index in [0.717, 1.165) is 20.4 Å². The van der Waals surface area contributed by atoms with Crippen molar-refractivity contribution in [1.82, 2.24) is 4.57 Å². The number of hydrogen-bond donors (Lipinski definition) is 1. The summed E-state index contributed by atoms with van der Waals surface area (Å²) in [6, 6.07) is 4.00. The van der Waals surface area contributed by atoms with Crippen LogP contribution in [0.15, 0.2) is 27.7 Å². The molecule has 0 bridgehead atoms. The fourth-order valence-corrected chi connectivity index (χ4v) is 4.16. The van der Waals surface area contributed by atoms with Gasteiger partial charge in [0.2, 0.25) is 5.88 Å². The van der Waals surface area contributed by atoms with Gasteiger partial charge in [0.1, 0.15) is 4.88 Å². The summed E-state index contributed by atoms with van der Waals surface area (Å²) in [6.07, 6.45) is 0. The minimum atomic E-state index is -1.38. The van der Waals surface area contributed by atoms with Crippen molar-refractivity contribution in [2.24, 2.45) is 4.99 Å². The number of aromatic nitrogens is 1. The van der Waals surface area contributed by atoms with E-state index in [1.807, 2.05) is 0 Å². The van der Waals surface area contributed by atoms with Crippen molar-refractivity contribution >= 4 is 56.9 Å². The van der Waals surface area contributed by atoms with Crippen LogP contribution in [0.3, 0.4) is 0 Å². The van der Waals surface area contributed by atoms with Crippen molar-refractivity contribution in [1.29, 1.82) is 0 Å². The highest BCUT2D eigenvalue weighted by Gasteiger charge is 2.26. The molecule has 0 unspecified atom stereocenters. The van der Waals surface area contributed by atoms with E-state index in [1.165, 1.54) is 6.92 Å². The van der Waals surface area contributed by atoms with E-state index >= 15 is 0 Å². The summed E-state index contributed by atoms with van der Waals surface area (Å²) in [7, 11) is 0. The number of carboxylic acids is 1. The van der Waals surface area contributed by atoms with Crippen LogP contribution in [0.5, 0.6) is 5.88 Å². The lowest BCUT2D eigenvalue weighted by atomic mass is 10.1. The van der Waals surface area contributed by atoms with E-state index in [4.69, 9.17) is 12.2 Å². The molecule has 0 saturated heterocycles. The van der Waals surface area contributed by atoms with E-state index < -0.39 is 17.9 Å². The van der Waals surface area contributed by atoms with E-state index in [0.29, 0.717) is 10.6 Å². The topological polar surface area (TPSA) is 94.7 Å². The predicted molar refractivity (Wildman–Crippen MR) is 87.0 cm³/mol. The molecular weight excluding hydrogens is 404 g/mol. The first-order valence-corrected chi connectivity index (χ1v) is 8.41. The number of hydrogen-bond acceptors (Lipinski definition) is 6. The molecule has 9 heteroatoms. The van der Waals surface area contributed by atoms with Gasteiger partial charge in [-0.05, 0) is 37.3 Å². The molecule has 0 fully saturated rings.